The molecular weight excluding hydrogens is 683 g/mol. The van der Waals surface area contributed by atoms with E-state index in [1.165, 1.54) is 23.5 Å². The van der Waals surface area contributed by atoms with E-state index in [1.807, 2.05) is 69.7 Å². The lowest BCUT2D eigenvalue weighted by molar-refractivity contribution is -0.128. The molecule has 1 aliphatic heterocycles. The topological polar surface area (TPSA) is 132 Å². The average Bonchev–Trinajstić information content (AvgIpc) is 3.66. The minimum atomic E-state index is -3.99. The van der Waals surface area contributed by atoms with Crippen LogP contribution in [0.3, 0.4) is 0 Å². The summed E-state index contributed by atoms with van der Waals surface area (Å²) in [5, 5.41) is 17.8. The van der Waals surface area contributed by atoms with Crippen LogP contribution >= 0.6 is 23.1 Å². The number of nitrogens with one attached hydrogen (secondary N) is 1. The van der Waals surface area contributed by atoms with Crippen LogP contribution in [0.1, 0.15) is 44.0 Å². The van der Waals surface area contributed by atoms with Crippen molar-refractivity contribution in [2.45, 2.75) is 69.5 Å². The van der Waals surface area contributed by atoms with Crippen molar-refractivity contribution in [3.05, 3.63) is 76.2 Å². The van der Waals surface area contributed by atoms with Gasteiger partial charge in [-0.3, -0.25) is 4.79 Å². The number of urea groups is 1. The van der Waals surface area contributed by atoms with Crippen LogP contribution in [-0.2, 0) is 33.5 Å². The number of thioether (sulfide) groups is 1. The maximum absolute atomic E-state index is 14.1. The largest absolute Gasteiger partial charge is 0.497 e. The molecule has 3 atom stereocenters. The van der Waals surface area contributed by atoms with E-state index < -0.39 is 34.1 Å². The smallest absolute Gasteiger partial charge is 0.321 e. The fraction of sp³-hybridized carbons (Fsp3) is 0.514. The SMILES string of the molecule is COc1ccc(S(=O)(=O)N(CC(C)C)C[C@@H](O)[C@H](Cc2ccccc2)NC(=O)C(C(C)C)N2CCN(Cc3csc(CSC)n3)C2=O)cc1. The molecular formula is C35H49N5O6S3. The van der Waals surface area contributed by atoms with Crippen molar-refractivity contribution in [3.63, 3.8) is 0 Å². The van der Waals surface area contributed by atoms with Crippen LogP contribution in [0.25, 0.3) is 0 Å². The molecule has 1 aliphatic rings. The molecule has 1 fully saturated rings. The minimum absolute atomic E-state index is 0.0294. The Morgan fingerprint density at radius 3 is 2.39 bits per heavy atom. The molecule has 0 aliphatic carbocycles. The second kappa shape index (κ2) is 17.7. The number of hydrogen-bond donors (Lipinski definition) is 2. The molecule has 3 aromatic rings. The highest BCUT2D eigenvalue weighted by Gasteiger charge is 2.40. The lowest BCUT2D eigenvalue weighted by Crippen LogP contribution is -2.57. The maximum Gasteiger partial charge on any atom is 0.321 e. The van der Waals surface area contributed by atoms with Gasteiger partial charge in [-0.05, 0) is 54.3 Å². The molecule has 0 spiro atoms. The third kappa shape index (κ3) is 10.2. The number of nitrogens with zero attached hydrogens (tertiary/aromatic N) is 4. The highest BCUT2D eigenvalue weighted by atomic mass is 32.2. The summed E-state index contributed by atoms with van der Waals surface area (Å²) in [7, 11) is -2.48. The van der Waals surface area contributed by atoms with E-state index in [2.05, 4.69) is 10.3 Å². The Hall–Kier alpha value is -3.17. The average molecular weight is 732 g/mol. The lowest BCUT2D eigenvalue weighted by Gasteiger charge is -2.34. The second-order valence-electron chi connectivity index (χ2n) is 13.0. The molecule has 0 radical (unpaired) electrons. The molecule has 268 valence electrons. The van der Waals surface area contributed by atoms with E-state index in [4.69, 9.17) is 4.74 Å². The van der Waals surface area contributed by atoms with Crippen molar-refractivity contribution in [2.24, 2.45) is 11.8 Å². The first kappa shape index (κ1) is 38.6. The number of ether oxygens (including phenoxy) is 1. The molecule has 2 heterocycles. The monoisotopic (exact) mass is 731 g/mol. The molecule has 3 amide bonds. The van der Waals surface area contributed by atoms with Gasteiger partial charge in [0.05, 0.1) is 36.4 Å². The van der Waals surface area contributed by atoms with Gasteiger partial charge in [0.2, 0.25) is 15.9 Å². The van der Waals surface area contributed by atoms with E-state index >= 15 is 0 Å². The molecule has 2 aromatic carbocycles. The number of amides is 3. The first-order valence-electron chi connectivity index (χ1n) is 16.5. The van der Waals surface area contributed by atoms with Crippen molar-refractivity contribution >= 4 is 45.1 Å². The number of rotatable bonds is 18. The summed E-state index contributed by atoms with van der Waals surface area (Å²) in [4.78, 5) is 35.8. The molecule has 0 bridgehead atoms. The van der Waals surface area contributed by atoms with Gasteiger partial charge in [0.15, 0.2) is 0 Å². The summed E-state index contributed by atoms with van der Waals surface area (Å²) in [6.07, 6.45) is 1.03. The lowest BCUT2D eigenvalue weighted by atomic mass is 9.97. The quantitative estimate of drug-likeness (QED) is 0.192. The number of carbonyl (C=O) groups is 2. The molecule has 1 aromatic heterocycles. The summed E-state index contributed by atoms with van der Waals surface area (Å²) in [6.45, 7) is 8.75. The van der Waals surface area contributed by atoms with Crippen molar-refractivity contribution in [1.82, 2.24) is 24.4 Å². The van der Waals surface area contributed by atoms with Crippen LogP contribution in [0.4, 0.5) is 4.79 Å². The number of aliphatic hydroxyl groups is 1. The van der Waals surface area contributed by atoms with E-state index in [0.717, 1.165) is 22.0 Å². The van der Waals surface area contributed by atoms with Crippen molar-refractivity contribution in [2.75, 3.05) is 39.5 Å². The highest BCUT2D eigenvalue weighted by Crippen LogP contribution is 2.24. The van der Waals surface area contributed by atoms with E-state index in [1.54, 1.807) is 45.0 Å². The Bertz CT molecular complexity index is 1620. The first-order valence-corrected chi connectivity index (χ1v) is 20.2. The number of benzene rings is 2. The zero-order valence-corrected chi connectivity index (χ0v) is 31.6. The third-order valence-corrected chi connectivity index (χ3v) is 11.8. The summed E-state index contributed by atoms with van der Waals surface area (Å²) in [5.74, 6) is 0.702. The number of carbonyl (C=O) groups excluding carboxylic acids is 2. The maximum atomic E-state index is 14.1. The second-order valence-corrected chi connectivity index (χ2v) is 16.8. The minimum Gasteiger partial charge on any atom is -0.497 e. The Labute approximate surface area is 299 Å². The number of methoxy groups -OCH3 is 1. The van der Waals surface area contributed by atoms with Gasteiger partial charge in [0.25, 0.3) is 0 Å². The summed E-state index contributed by atoms with van der Waals surface area (Å²) >= 11 is 3.27. The fourth-order valence-corrected chi connectivity index (χ4v) is 9.08. The summed E-state index contributed by atoms with van der Waals surface area (Å²) in [5.41, 5.74) is 1.70. The number of hydrogen-bond acceptors (Lipinski definition) is 9. The summed E-state index contributed by atoms with van der Waals surface area (Å²) < 4.78 is 34.2. The van der Waals surface area contributed by atoms with Crippen molar-refractivity contribution < 1.29 is 27.9 Å². The zero-order chi connectivity index (χ0) is 35.7. The predicted molar refractivity (Wildman–Crippen MR) is 195 cm³/mol. The number of thiazole rings is 1. The molecule has 0 saturated carbocycles. The third-order valence-electron chi connectivity index (χ3n) is 8.33. The van der Waals surface area contributed by atoms with Gasteiger partial charge in [-0.25, -0.2) is 18.2 Å². The van der Waals surface area contributed by atoms with Crippen LogP contribution in [0, 0.1) is 11.8 Å². The van der Waals surface area contributed by atoms with E-state index in [0.29, 0.717) is 25.4 Å². The fourth-order valence-electron chi connectivity index (χ4n) is 5.95. The first-order chi connectivity index (χ1) is 23.3. The molecule has 49 heavy (non-hydrogen) atoms. The Morgan fingerprint density at radius 2 is 1.78 bits per heavy atom. The molecule has 1 unspecified atom stereocenters. The zero-order valence-electron chi connectivity index (χ0n) is 29.1. The van der Waals surface area contributed by atoms with Gasteiger partial charge in [-0.15, -0.1) is 11.3 Å². The van der Waals surface area contributed by atoms with Gasteiger partial charge in [-0.2, -0.15) is 16.1 Å². The van der Waals surface area contributed by atoms with Crippen LogP contribution in [-0.4, -0.2) is 102 Å². The summed E-state index contributed by atoms with van der Waals surface area (Å²) in [6, 6.07) is 13.7. The normalized spacial score (nSPS) is 15.7. The van der Waals surface area contributed by atoms with Gasteiger partial charge >= 0.3 is 6.03 Å². The number of aromatic nitrogens is 1. The van der Waals surface area contributed by atoms with Crippen LogP contribution < -0.4 is 10.1 Å². The molecule has 1 saturated heterocycles. The van der Waals surface area contributed by atoms with Gasteiger partial charge < -0.3 is 25.0 Å². The van der Waals surface area contributed by atoms with Gasteiger partial charge in [-0.1, -0.05) is 58.0 Å². The standard InChI is InChI=1S/C35H49N5O6S3/c1-24(2)19-39(49(44,45)29-14-12-28(46-5)13-15-29)21-31(41)30(18-26-10-8-7-9-11-26)37-34(42)33(25(3)4)40-17-16-38(35(40)43)20-27-22-48-32(36-27)23-47-6/h7-15,22,24-25,30-31,33,41H,16-21,23H2,1-6H3,(H,37,42)/t30-,31+,33?/m0/s1. The Balaban J connectivity index is 1.55. The molecule has 11 nitrogen and oxygen atoms in total. The Kier molecular flexibility index (Phi) is 13.9. The van der Waals surface area contributed by atoms with E-state index in [-0.39, 0.29) is 42.3 Å². The molecule has 4 rings (SSSR count). The van der Waals surface area contributed by atoms with Crippen molar-refractivity contribution in [1.29, 1.82) is 0 Å². The number of sulfonamides is 1. The Morgan fingerprint density at radius 1 is 1.08 bits per heavy atom. The van der Waals surface area contributed by atoms with E-state index in [9.17, 15) is 23.1 Å². The number of aliphatic hydroxyl groups excluding tert-OH is 1. The van der Waals surface area contributed by atoms with Gasteiger partial charge in [0, 0.05) is 37.3 Å². The van der Waals surface area contributed by atoms with Crippen LogP contribution in [0.15, 0.2) is 64.9 Å². The van der Waals surface area contributed by atoms with Gasteiger partial charge in [0.1, 0.15) is 16.8 Å². The van der Waals surface area contributed by atoms with Crippen LogP contribution in [0.2, 0.25) is 0 Å². The predicted octanol–water partition coefficient (Wildman–Crippen LogP) is 4.71. The highest BCUT2D eigenvalue weighted by molar-refractivity contribution is 7.97. The van der Waals surface area contributed by atoms with Crippen LogP contribution in [0.5, 0.6) is 5.75 Å². The van der Waals surface area contributed by atoms with Crippen molar-refractivity contribution in [3.8, 4) is 5.75 Å². The molecule has 14 heteroatoms. The molecule has 2 N–H and O–H groups in total.